The summed E-state index contributed by atoms with van der Waals surface area (Å²) < 4.78 is 17.5. The Bertz CT molecular complexity index is 357. The zero-order valence-electron chi connectivity index (χ0n) is 7.26. The van der Waals surface area contributed by atoms with Crippen molar-refractivity contribution in [1.82, 2.24) is 0 Å². The third-order valence-electron chi connectivity index (χ3n) is 1.66. The van der Waals surface area contributed by atoms with E-state index in [2.05, 4.69) is 20.7 Å². The van der Waals surface area contributed by atoms with E-state index < -0.39 is 16.6 Å². The number of methoxy groups -OCH3 is 1. The fourth-order valence-electron chi connectivity index (χ4n) is 0.947. The fraction of sp³-hybridized carbons (Fsp3) is 0.222. The van der Waals surface area contributed by atoms with Crippen LogP contribution in [0.3, 0.4) is 0 Å². The highest BCUT2D eigenvalue weighted by atomic mass is 79.9. The topological polar surface area (TPSA) is 26.3 Å². The van der Waals surface area contributed by atoms with E-state index in [1.165, 1.54) is 19.2 Å². The molecular weight excluding hydrogens is 274 g/mol. The molecule has 0 aliphatic carbocycles. The highest BCUT2D eigenvalue weighted by Gasteiger charge is 2.21. The highest BCUT2D eigenvalue weighted by molar-refractivity contribution is 9.09. The first kappa shape index (κ1) is 11.5. The number of benzene rings is 1. The number of esters is 1. The van der Waals surface area contributed by atoms with Gasteiger partial charge in [0.25, 0.3) is 0 Å². The zero-order chi connectivity index (χ0) is 10.7. The summed E-state index contributed by atoms with van der Waals surface area (Å²) >= 11 is 8.75. The molecule has 0 saturated heterocycles. The van der Waals surface area contributed by atoms with Crippen LogP contribution in [0.25, 0.3) is 0 Å². The molecule has 0 aromatic heterocycles. The van der Waals surface area contributed by atoms with Gasteiger partial charge in [0.05, 0.1) is 12.1 Å². The van der Waals surface area contributed by atoms with Crippen molar-refractivity contribution in [3.8, 4) is 0 Å². The molecule has 76 valence electrons. The lowest BCUT2D eigenvalue weighted by molar-refractivity contribution is -0.139. The normalized spacial score (nSPS) is 12.3. The minimum Gasteiger partial charge on any atom is -0.468 e. The van der Waals surface area contributed by atoms with Gasteiger partial charge in [-0.15, -0.1) is 0 Å². The molecule has 0 N–H and O–H groups in total. The quantitative estimate of drug-likeness (QED) is 0.615. The summed E-state index contributed by atoms with van der Waals surface area (Å²) in [5.41, 5.74) is 0.360. The fourth-order valence-corrected chi connectivity index (χ4v) is 1.88. The third kappa shape index (κ3) is 2.25. The van der Waals surface area contributed by atoms with E-state index in [9.17, 15) is 9.18 Å². The standard InChI is InChI=1S/C9H7BrClFO2/c1-14-9(13)7(10)5-3-2-4-6(12)8(5)11/h2-4,7H,1H3. The van der Waals surface area contributed by atoms with Gasteiger partial charge in [-0.3, -0.25) is 4.79 Å². The van der Waals surface area contributed by atoms with Crippen LogP contribution >= 0.6 is 27.5 Å². The van der Waals surface area contributed by atoms with Gasteiger partial charge in [0.1, 0.15) is 10.6 Å². The van der Waals surface area contributed by atoms with E-state index in [4.69, 9.17) is 11.6 Å². The van der Waals surface area contributed by atoms with E-state index in [0.717, 1.165) is 0 Å². The molecule has 5 heteroatoms. The van der Waals surface area contributed by atoms with Crippen molar-refractivity contribution in [3.05, 3.63) is 34.6 Å². The highest BCUT2D eigenvalue weighted by Crippen LogP contribution is 2.31. The molecule has 1 atom stereocenters. The SMILES string of the molecule is COC(=O)C(Br)c1cccc(F)c1Cl. The summed E-state index contributed by atoms with van der Waals surface area (Å²) in [6.45, 7) is 0. The van der Waals surface area contributed by atoms with Crippen LogP contribution < -0.4 is 0 Å². The molecule has 0 fully saturated rings. The smallest absolute Gasteiger partial charge is 0.324 e. The number of halogens is 3. The largest absolute Gasteiger partial charge is 0.468 e. The van der Waals surface area contributed by atoms with Crippen LogP contribution in [-0.2, 0) is 9.53 Å². The van der Waals surface area contributed by atoms with Gasteiger partial charge in [-0.05, 0) is 11.6 Å². The Morgan fingerprint density at radius 2 is 2.29 bits per heavy atom. The Labute approximate surface area is 94.1 Å². The van der Waals surface area contributed by atoms with Crippen LogP contribution in [-0.4, -0.2) is 13.1 Å². The van der Waals surface area contributed by atoms with Gasteiger partial charge in [-0.1, -0.05) is 39.7 Å². The molecule has 1 aromatic carbocycles. The Morgan fingerprint density at radius 1 is 1.64 bits per heavy atom. The van der Waals surface area contributed by atoms with Crippen LogP contribution in [0.4, 0.5) is 4.39 Å². The molecule has 2 nitrogen and oxygen atoms in total. The van der Waals surface area contributed by atoms with Crippen molar-refractivity contribution in [2.45, 2.75) is 4.83 Å². The minimum absolute atomic E-state index is 0.0697. The van der Waals surface area contributed by atoms with Crippen molar-refractivity contribution < 1.29 is 13.9 Å². The Hall–Kier alpha value is -0.610. The third-order valence-corrected chi connectivity index (χ3v) is 2.93. The molecule has 0 radical (unpaired) electrons. The van der Waals surface area contributed by atoms with Gasteiger partial charge in [0.15, 0.2) is 0 Å². The van der Waals surface area contributed by atoms with Gasteiger partial charge >= 0.3 is 5.97 Å². The number of carbonyl (C=O) groups excluding carboxylic acids is 1. The molecule has 1 unspecified atom stereocenters. The first-order valence-corrected chi connectivity index (χ1v) is 5.03. The number of alkyl halides is 1. The molecule has 0 amide bonds. The van der Waals surface area contributed by atoms with Crippen molar-refractivity contribution in [2.24, 2.45) is 0 Å². The lowest BCUT2D eigenvalue weighted by atomic mass is 10.1. The lowest BCUT2D eigenvalue weighted by Crippen LogP contribution is -2.09. The summed E-state index contributed by atoms with van der Waals surface area (Å²) in [4.78, 5) is 10.4. The maximum Gasteiger partial charge on any atom is 0.324 e. The van der Waals surface area contributed by atoms with E-state index in [1.54, 1.807) is 6.07 Å². The maximum atomic E-state index is 13.0. The predicted octanol–water partition coefficient (Wildman–Crippen LogP) is 3.09. The molecule has 0 spiro atoms. The molecule has 0 heterocycles. The van der Waals surface area contributed by atoms with Crippen molar-refractivity contribution in [2.75, 3.05) is 7.11 Å². The lowest BCUT2D eigenvalue weighted by Gasteiger charge is -2.09. The maximum absolute atomic E-state index is 13.0. The van der Waals surface area contributed by atoms with E-state index in [0.29, 0.717) is 5.56 Å². The molecule has 0 bridgehead atoms. The number of hydrogen-bond donors (Lipinski definition) is 0. The summed E-state index contributed by atoms with van der Waals surface area (Å²) in [5.74, 6) is -1.07. The van der Waals surface area contributed by atoms with Gasteiger partial charge in [-0.25, -0.2) is 4.39 Å². The second-order valence-electron chi connectivity index (χ2n) is 2.53. The van der Waals surface area contributed by atoms with E-state index in [-0.39, 0.29) is 5.02 Å². The summed E-state index contributed by atoms with van der Waals surface area (Å²) in [5, 5.41) is -0.0697. The molecule has 0 aliphatic rings. The summed E-state index contributed by atoms with van der Waals surface area (Å²) in [6.07, 6.45) is 0. The number of hydrogen-bond acceptors (Lipinski definition) is 2. The first-order chi connectivity index (χ1) is 6.57. The van der Waals surface area contributed by atoms with Crippen LogP contribution in [0.5, 0.6) is 0 Å². The number of ether oxygens (including phenoxy) is 1. The Balaban J connectivity index is 3.07. The molecule has 1 rings (SSSR count). The number of rotatable bonds is 2. The molecule has 14 heavy (non-hydrogen) atoms. The van der Waals surface area contributed by atoms with E-state index >= 15 is 0 Å². The average Bonchev–Trinajstić information content (AvgIpc) is 2.20. The average molecular weight is 282 g/mol. The van der Waals surface area contributed by atoms with Gasteiger partial charge in [-0.2, -0.15) is 0 Å². The minimum atomic E-state index is -0.740. The summed E-state index contributed by atoms with van der Waals surface area (Å²) in [7, 11) is 1.25. The summed E-state index contributed by atoms with van der Waals surface area (Å²) in [6, 6.07) is 4.26. The van der Waals surface area contributed by atoms with Crippen molar-refractivity contribution in [1.29, 1.82) is 0 Å². The molecular formula is C9H7BrClFO2. The zero-order valence-corrected chi connectivity index (χ0v) is 9.60. The van der Waals surface area contributed by atoms with Crippen LogP contribution in [0.1, 0.15) is 10.4 Å². The predicted molar refractivity (Wildman–Crippen MR) is 55.1 cm³/mol. The molecule has 1 aromatic rings. The molecule has 0 aliphatic heterocycles. The van der Waals surface area contributed by atoms with Gasteiger partial charge in [0, 0.05) is 0 Å². The number of carbonyl (C=O) groups is 1. The van der Waals surface area contributed by atoms with Gasteiger partial charge < -0.3 is 4.74 Å². The monoisotopic (exact) mass is 280 g/mol. The van der Waals surface area contributed by atoms with Gasteiger partial charge in [0.2, 0.25) is 0 Å². The van der Waals surface area contributed by atoms with Crippen LogP contribution in [0.2, 0.25) is 5.02 Å². The second kappa shape index (κ2) is 4.75. The van der Waals surface area contributed by atoms with Crippen LogP contribution in [0, 0.1) is 5.82 Å². The second-order valence-corrected chi connectivity index (χ2v) is 3.82. The first-order valence-electron chi connectivity index (χ1n) is 3.73. The van der Waals surface area contributed by atoms with Crippen molar-refractivity contribution >= 4 is 33.5 Å². The van der Waals surface area contributed by atoms with Crippen LogP contribution in [0.15, 0.2) is 18.2 Å². The Kier molecular flexibility index (Phi) is 3.89. The molecule has 0 saturated carbocycles. The van der Waals surface area contributed by atoms with E-state index in [1.807, 2.05) is 0 Å². The van der Waals surface area contributed by atoms with Crippen molar-refractivity contribution in [3.63, 3.8) is 0 Å². The Morgan fingerprint density at radius 3 is 2.86 bits per heavy atom.